The average molecular weight is 298 g/mol. The summed E-state index contributed by atoms with van der Waals surface area (Å²) in [6.45, 7) is 2.35. The van der Waals surface area contributed by atoms with Gasteiger partial charge in [0.1, 0.15) is 5.60 Å². The van der Waals surface area contributed by atoms with Crippen molar-refractivity contribution in [3.63, 3.8) is 0 Å². The van der Waals surface area contributed by atoms with E-state index in [4.69, 9.17) is 4.74 Å². The van der Waals surface area contributed by atoms with Gasteiger partial charge in [-0.3, -0.25) is 4.79 Å². The van der Waals surface area contributed by atoms with Gasteiger partial charge in [0, 0.05) is 11.9 Å². The lowest BCUT2D eigenvalue weighted by atomic mass is 9.77. The Hall–Kier alpha value is -2.14. The molecular formula is C17H16NO4-. The van der Waals surface area contributed by atoms with E-state index in [2.05, 4.69) is 0 Å². The highest BCUT2D eigenvalue weighted by Gasteiger charge is 2.65. The van der Waals surface area contributed by atoms with Crippen LogP contribution < -0.4 is 5.11 Å². The maximum absolute atomic E-state index is 12.8. The van der Waals surface area contributed by atoms with Crippen molar-refractivity contribution in [2.45, 2.75) is 24.7 Å². The van der Waals surface area contributed by atoms with Crippen LogP contribution in [0.4, 0.5) is 0 Å². The van der Waals surface area contributed by atoms with E-state index in [1.54, 1.807) is 11.0 Å². The molecular weight excluding hydrogens is 282 g/mol. The summed E-state index contributed by atoms with van der Waals surface area (Å²) in [5.41, 5.74) is 0.228. The quantitative estimate of drug-likeness (QED) is 0.752. The highest BCUT2D eigenvalue weighted by Crippen LogP contribution is 2.52. The Balaban J connectivity index is 1.68. The maximum atomic E-state index is 12.8. The molecule has 0 unspecified atom stereocenters. The summed E-state index contributed by atoms with van der Waals surface area (Å²) < 4.78 is 5.85. The van der Waals surface area contributed by atoms with E-state index in [0.717, 1.165) is 5.56 Å². The SMILES string of the molecule is C[C@H](c1ccccc1)N1C[C@]23C=C[C@H](O2)[C@@H](C(=O)[O-])[C@@H]3C1=O. The van der Waals surface area contributed by atoms with Gasteiger partial charge in [0.2, 0.25) is 5.91 Å². The molecule has 3 aliphatic heterocycles. The number of carbonyl (C=O) groups is 2. The van der Waals surface area contributed by atoms with Crippen LogP contribution in [-0.2, 0) is 14.3 Å². The number of nitrogens with zero attached hydrogens (tertiary/aromatic N) is 1. The fraction of sp³-hybridized carbons (Fsp3) is 0.412. The number of hydrogen-bond acceptors (Lipinski definition) is 4. The number of rotatable bonds is 3. The summed E-state index contributed by atoms with van der Waals surface area (Å²) in [4.78, 5) is 26.0. The van der Waals surface area contributed by atoms with Crippen molar-refractivity contribution in [1.82, 2.24) is 4.90 Å². The summed E-state index contributed by atoms with van der Waals surface area (Å²) in [5, 5.41) is 11.4. The number of carbonyl (C=O) groups excluding carboxylic acids is 2. The standard InChI is InChI=1S/C17H17NO4/c1-10(11-5-3-2-4-6-11)18-9-17-8-7-12(22-17)13(16(20)21)14(17)15(18)19/h2-8,10,12-14H,9H2,1H3,(H,20,21)/p-1/t10-,12+,13-,14-,17+/m1/s1. The fourth-order valence-electron chi connectivity index (χ4n) is 4.04. The molecule has 0 radical (unpaired) electrons. The molecule has 1 spiro atoms. The Morgan fingerprint density at radius 2 is 2.14 bits per heavy atom. The lowest BCUT2D eigenvalue weighted by molar-refractivity contribution is -0.313. The highest BCUT2D eigenvalue weighted by molar-refractivity contribution is 5.90. The molecule has 1 aromatic carbocycles. The molecule has 2 bridgehead atoms. The molecule has 3 heterocycles. The van der Waals surface area contributed by atoms with Crippen molar-refractivity contribution in [3.05, 3.63) is 48.0 Å². The van der Waals surface area contributed by atoms with Gasteiger partial charge in [-0.15, -0.1) is 0 Å². The Bertz CT molecular complexity index is 670. The van der Waals surface area contributed by atoms with E-state index in [9.17, 15) is 14.7 Å². The van der Waals surface area contributed by atoms with E-state index in [-0.39, 0.29) is 11.9 Å². The lowest BCUT2D eigenvalue weighted by Crippen LogP contribution is -2.45. The third-order valence-electron chi connectivity index (χ3n) is 5.15. The van der Waals surface area contributed by atoms with E-state index in [1.165, 1.54) is 0 Å². The number of aliphatic carboxylic acids is 1. The Morgan fingerprint density at radius 1 is 1.41 bits per heavy atom. The molecule has 1 aromatic rings. The molecule has 2 fully saturated rings. The monoisotopic (exact) mass is 298 g/mol. The summed E-state index contributed by atoms with van der Waals surface area (Å²) in [6.07, 6.45) is 3.08. The molecule has 0 N–H and O–H groups in total. The molecule has 5 nitrogen and oxygen atoms in total. The zero-order chi connectivity index (χ0) is 15.5. The van der Waals surface area contributed by atoms with Crippen LogP contribution >= 0.6 is 0 Å². The molecule has 0 saturated carbocycles. The van der Waals surface area contributed by atoms with Gasteiger partial charge in [-0.1, -0.05) is 42.5 Å². The van der Waals surface area contributed by atoms with Crippen LogP contribution in [0.2, 0.25) is 0 Å². The van der Waals surface area contributed by atoms with Crippen LogP contribution in [0.5, 0.6) is 0 Å². The summed E-state index contributed by atoms with van der Waals surface area (Å²) in [5.74, 6) is -2.91. The maximum Gasteiger partial charge on any atom is 0.230 e. The molecule has 22 heavy (non-hydrogen) atoms. The zero-order valence-corrected chi connectivity index (χ0v) is 12.1. The second kappa shape index (κ2) is 4.43. The van der Waals surface area contributed by atoms with E-state index in [1.807, 2.05) is 43.3 Å². The van der Waals surface area contributed by atoms with Crippen molar-refractivity contribution in [2.75, 3.05) is 6.54 Å². The molecule has 5 heteroatoms. The summed E-state index contributed by atoms with van der Waals surface area (Å²) >= 11 is 0. The number of amides is 1. The number of hydrogen-bond donors (Lipinski definition) is 0. The third-order valence-corrected chi connectivity index (χ3v) is 5.15. The van der Waals surface area contributed by atoms with Crippen LogP contribution in [0.15, 0.2) is 42.5 Å². The minimum atomic E-state index is -1.20. The normalized spacial score (nSPS) is 36.7. The van der Waals surface area contributed by atoms with Crippen molar-refractivity contribution in [1.29, 1.82) is 0 Å². The van der Waals surface area contributed by atoms with Crippen molar-refractivity contribution < 1.29 is 19.4 Å². The van der Waals surface area contributed by atoms with E-state index >= 15 is 0 Å². The first-order valence-electron chi connectivity index (χ1n) is 7.47. The predicted molar refractivity (Wildman–Crippen MR) is 75.3 cm³/mol. The van der Waals surface area contributed by atoms with Gasteiger partial charge in [-0.05, 0) is 12.5 Å². The van der Waals surface area contributed by atoms with Crippen LogP contribution in [0.3, 0.4) is 0 Å². The molecule has 1 amide bonds. The van der Waals surface area contributed by atoms with Crippen LogP contribution in [-0.4, -0.2) is 35.0 Å². The van der Waals surface area contributed by atoms with Gasteiger partial charge in [-0.2, -0.15) is 0 Å². The summed E-state index contributed by atoms with van der Waals surface area (Å²) in [6, 6.07) is 9.60. The highest BCUT2D eigenvalue weighted by atomic mass is 16.5. The fourth-order valence-corrected chi connectivity index (χ4v) is 4.04. The topological polar surface area (TPSA) is 69.7 Å². The van der Waals surface area contributed by atoms with E-state index < -0.39 is 29.5 Å². The number of ether oxygens (including phenoxy) is 1. The molecule has 3 aliphatic rings. The van der Waals surface area contributed by atoms with Gasteiger partial charge < -0.3 is 19.5 Å². The van der Waals surface area contributed by atoms with E-state index in [0.29, 0.717) is 6.54 Å². The second-order valence-electron chi connectivity index (χ2n) is 6.27. The minimum Gasteiger partial charge on any atom is -0.550 e. The van der Waals surface area contributed by atoms with Gasteiger partial charge >= 0.3 is 0 Å². The molecule has 2 saturated heterocycles. The Kier molecular flexibility index (Phi) is 2.72. The first-order chi connectivity index (χ1) is 10.5. The summed E-state index contributed by atoms with van der Waals surface area (Å²) in [7, 11) is 0. The van der Waals surface area contributed by atoms with Crippen molar-refractivity contribution in [3.8, 4) is 0 Å². The van der Waals surface area contributed by atoms with Gasteiger partial charge in [0.05, 0.1) is 24.6 Å². The number of benzene rings is 1. The number of carboxylic acids is 1. The van der Waals surface area contributed by atoms with Gasteiger partial charge in [-0.25, -0.2) is 0 Å². The number of carboxylic acid groups (broad SMARTS) is 1. The third kappa shape index (κ3) is 1.63. The number of fused-ring (bicyclic) bond motifs is 1. The lowest BCUT2D eigenvalue weighted by Gasteiger charge is -2.28. The minimum absolute atomic E-state index is 0.118. The van der Waals surface area contributed by atoms with Crippen molar-refractivity contribution in [2.24, 2.45) is 11.8 Å². The first-order valence-corrected chi connectivity index (χ1v) is 7.47. The average Bonchev–Trinajstić information content (AvgIpc) is 3.15. The largest absolute Gasteiger partial charge is 0.550 e. The zero-order valence-electron chi connectivity index (χ0n) is 12.1. The van der Waals surface area contributed by atoms with Crippen LogP contribution in [0, 0.1) is 11.8 Å². The van der Waals surface area contributed by atoms with Gasteiger partial charge in [0.25, 0.3) is 0 Å². The van der Waals surface area contributed by atoms with Gasteiger partial charge in [0.15, 0.2) is 0 Å². The smallest absolute Gasteiger partial charge is 0.230 e. The van der Waals surface area contributed by atoms with Crippen LogP contribution in [0.1, 0.15) is 18.5 Å². The molecule has 4 rings (SSSR count). The Morgan fingerprint density at radius 3 is 2.82 bits per heavy atom. The molecule has 0 aromatic heterocycles. The Labute approximate surface area is 128 Å². The second-order valence-corrected chi connectivity index (χ2v) is 6.27. The first kappa shape index (κ1) is 13.5. The molecule has 0 aliphatic carbocycles. The molecule has 5 atom stereocenters. The molecule has 114 valence electrons. The van der Waals surface area contributed by atoms with Crippen LogP contribution in [0.25, 0.3) is 0 Å². The van der Waals surface area contributed by atoms with Crippen molar-refractivity contribution >= 4 is 11.9 Å². The number of likely N-dealkylation sites (tertiary alicyclic amines) is 1. The predicted octanol–water partition coefficient (Wildman–Crippen LogP) is 0.279.